The van der Waals surface area contributed by atoms with E-state index in [0.717, 1.165) is 11.1 Å². The van der Waals surface area contributed by atoms with E-state index in [1.807, 2.05) is 60.7 Å². The zero-order valence-corrected chi connectivity index (χ0v) is 23.6. The van der Waals surface area contributed by atoms with Gasteiger partial charge in [0.1, 0.15) is 11.4 Å². The van der Waals surface area contributed by atoms with E-state index in [0.29, 0.717) is 43.3 Å². The van der Waals surface area contributed by atoms with Crippen molar-refractivity contribution in [1.29, 1.82) is 0 Å². The van der Waals surface area contributed by atoms with Crippen molar-refractivity contribution in [2.45, 2.75) is 23.6 Å². The van der Waals surface area contributed by atoms with Gasteiger partial charge in [0.25, 0.3) is 11.8 Å². The number of rotatable bonds is 8. The third-order valence-electron chi connectivity index (χ3n) is 7.63. The molecule has 10 heteroatoms. The first kappa shape index (κ1) is 28.0. The van der Waals surface area contributed by atoms with Gasteiger partial charge in [0.05, 0.1) is 18.9 Å². The second-order valence-corrected chi connectivity index (χ2v) is 11.3. The second-order valence-electron chi connectivity index (χ2n) is 10.2. The van der Waals surface area contributed by atoms with Crippen LogP contribution in [-0.2, 0) is 23.9 Å². The van der Waals surface area contributed by atoms with Gasteiger partial charge in [0, 0.05) is 18.8 Å². The van der Waals surface area contributed by atoms with Crippen LogP contribution in [0.2, 0.25) is 0 Å². The van der Waals surface area contributed by atoms with Crippen LogP contribution in [0.4, 0.5) is 0 Å². The van der Waals surface area contributed by atoms with E-state index in [-0.39, 0.29) is 5.70 Å². The number of nitrogens with one attached hydrogen (secondary N) is 1. The molecule has 0 radical (unpaired) electrons. The highest BCUT2D eigenvalue weighted by Crippen LogP contribution is 2.42. The van der Waals surface area contributed by atoms with Crippen molar-refractivity contribution >= 4 is 29.5 Å². The molecule has 216 valence electrons. The topological polar surface area (TPSA) is 108 Å². The summed E-state index contributed by atoms with van der Waals surface area (Å²) >= 11 is 1.47. The van der Waals surface area contributed by atoms with Gasteiger partial charge in [-0.05, 0) is 16.7 Å². The lowest BCUT2D eigenvalue weighted by Crippen LogP contribution is -2.71. The number of benzene rings is 3. The maximum atomic E-state index is 14.1. The number of thioether (sulfide) groups is 1. The summed E-state index contributed by atoms with van der Waals surface area (Å²) in [5.74, 6) is -1.25. The minimum atomic E-state index is -1.41. The minimum absolute atomic E-state index is 0.191. The molecule has 0 aromatic heterocycles. The number of amides is 2. The standard InChI is InChI=1S/C32H31N3O6S/c36-27(21-10-4-1-5-11-21)29(37)33-25-30(38)35-26(24(20-42-31(25)35)34-16-18-40-19-17-34)32(39)41-28(22-12-6-2-7-13-22)23-14-8-3-9-15-23/h1-15,25,27-28,31,36H,16-20H2,(H,33,37)/t25?,27-,31-/m1/s1. The molecule has 1 unspecified atom stereocenters. The molecule has 0 bridgehead atoms. The number of carbonyl (C=O) groups excluding carboxylic acids is 3. The van der Waals surface area contributed by atoms with E-state index in [2.05, 4.69) is 10.2 Å². The summed E-state index contributed by atoms with van der Waals surface area (Å²) in [6, 6.07) is 26.6. The van der Waals surface area contributed by atoms with E-state index in [1.165, 1.54) is 16.7 Å². The summed E-state index contributed by atoms with van der Waals surface area (Å²) in [5.41, 5.74) is 2.95. The number of ether oxygens (including phenoxy) is 2. The first-order valence-corrected chi connectivity index (χ1v) is 14.9. The maximum absolute atomic E-state index is 14.1. The SMILES string of the molecule is O=C(OC(c1ccccc1)c1ccccc1)C1=C(N2CCOCC2)CS[C@@H]2C(NC(=O)[C@H](O)c3ccccc3)C(=O)N12. The highest BCUT2D eigenvalue weighted by atomic mass is 32.2. The van der Waals surface area contributed by atoms with E-state index in [9.17, 15) is 19.5 Å². The quantitative estimate of drug-likeness (QED) is 0.307. The zero-order valence-electron chi connectivity index (χ0n) is 22.8. The van der Waals surface area contributed by atoms with Crippen molar-refractivity contribution < 1.29 is 29.0 Å². The van der Waals surface area contributed by atoms with Crippen molar-refractivity contribution in [2.75, 3.05) is 32.1 Å². The fraction of sp³-hybridized carbons (Fsp3) is 0.281. The van der Waals surface area contributed by atoms with Gasteiger partial charge in [-0.15, -0.1) is 11.8 Å². The number of nitrogens with zero attached hydrogens (tertiary/aromatic N) is 2. The molecular weight excluding hydrogens is 554 g/mol. The fourth-order valence-corrected chi connectivity index (χ4v) is 6.82. The van der Waals surface area contributed by atoms with Gasteiger partial charge in [-0.3, -0.25) is 14.5 Å². The van der Waals surface area contributed by atoms with Crippen molar-refractivity contribution in [3.05, 3.63) is 119 Å². The molecule has 3 aromatic carbocycles. The number of aliphatic hydroxyl groups excluding tert-OH is 1. The molecule has 3 aliphatic heterocycles. The Balaban J connectivity index is 1.28. The molecule has 0 spiro atoms. The number of carbonyl (C=O) groups is 3. The Morgan fingerprint density at radius 2 is 1.43 bits per heavy atom. The Kier molecular flexibility index (Phi) is 8.27. The highest BCUT2D eigenvalue weighted by Gasteiger charge is 2.55. The van der Waals surface area contributed by atoms with Crippen molar-refractivity contribution in [3.8, 4) is 0 Å². The van der Waals surface area contributed by atoms with E-state index >= 15 is 0 Å². The zero-order chi connectivity index (χ0) is 29.1. The average molecular weight is 586 g/mol. The Labute approximate surface area is 248 Å². The predicted octanol–water partition coefficient (Wildman–Crippen LogP) is 3.00. The summed E-state index contributed by atoms with van der Waals surface area (Å²) < 4.78 is 11.7. The first-order valence-electron chi connectivity index (χ1n) is 13.9. The first-order chi connectivity index (χ1) is 20.5. The largest absolute Gasteiger partial charge is 0.448 e. The van der Waals surface area contributed by atoms with E-state index < -0.39 is 41.4 Å². The second kappa shape index (κ2) is 12.4. The van der Waals surface area contributed by atoms with Crippen LogP contribution in [0.25, 0.3) is 0 Å². The molecule has 3 heterocycles. The summed E-state index contributed by atoms with van der Waals surface area (Å²) in [7, 11) is 0. The number of aliphatic hydroxyl groups is 1. The van der Waals surface area contributed by atoms with Crippen molar-refractivity contribution in [1.82, 2.24) is 15.1 Å². The number of esters is 1. The molecule has 2 fully saturated rings. The lowest BCUT2D eigenvalue weighted by molar-refractivity contribution is -0.155. The Morgan fingerprint density at radius 3 is 2.00 bits per heavy atom. The van der Waals surface area contributed by atoms with Gasteiger partial charge in [0.15, 0.2) is 17.9 Å². The van der Waals surface area contributed by atoms with Gasteiger partial charge in [0.2, 0.25) is 0 Å². The summed E-state index contributed by atoms with van der Waals surface area (Å²) in [5, 5.41) is 12.8. The van der Waals surface area contributed by atoms with Gasteiger partial charge < -0.3 is 24.8 Å². The molecule has 2 N–H and O–H groups in total. The highest BCUT2D eigenvalue weighted by molar-refractivity contribution is 8.00. The molecule has 3 aromatic rings. The van der Waals surface area contributed by atoms with Crippen LogP contribution < -0.4 is 5.32 Å². The molecule has 6 rings (SSSR count). The van der Waals surface area contributed by atoms with Gasteiger partial charge >= 0.3 is 5.97 Å². The molecule has 42 heavy (non-hydrogen) atoms. The molecule has 3 atom stereocenters. The molecular formula is C32H31N3O6S. The van der Waals surface area contributed by atoms with Crippen LogP contribution in [0.15, 0.2) is 102 Å². The molecule has 0 aliphatic carbocycles. The molecule has 9 nitrogen and oxygen atoms in total. The van der Waals surface area contributed by atoms with E-state index in [1.54, 1.807) is 30.3 Å². The van der Waals surface area contributed by atoms with Gasteiger partial charge in [-0.1, -0.05) is 91.0 Å². The molecule has 0 saturated carbocycles. The average Bonchev–Trinajstić information content (AvgIpc) is 3.06. The Morgan fingerprint density at radius 1 is 0.881 bits per heavy atom. The number of morpholine rings is 1. The minimum Gasteiger partial charge on any atom is -0.448 e. The van der Waals surface area contributed by atoms with Crippen LogP contribution in [-0.4, -0.2) is 76.2 Å². The number of fused-ring (bicyclic) bond motifs is 1. The van der Waals surface area contributed by atoms with Gasteiger partial charge in [-0.2, -0.15) is 0 Å². The van der Waals surface area contributed by atoms with Crippen molar-refractivity contribution in [2.24, 2.45) is 0 Å². The normalized spacial score (nSPS) is 21.0. The number of β-lactam (4-membered cyclic amide) rings is 1. The van der Waals surface area contributed by atoms with E-state index in [4.69, 9.17) is 9.47 Å². The number of hydrogen-bond acceptors (Lipinski definition) is 8. The fourth-order valence-electron chi connectivity index (χ4n) is 5.43. The Bertz CT molecular complexity index is 1420. The Hall–Kier alpha value is -4.12. The van der Waals surface area contributed by atoms with Crippen LogP contribution in [0, 0.1) is 0 Å². The lowest BCUT2D eigenvalue weighted by Gasteiger charge is -2.51. The van der Waals surface area contributed by atoms with Crippen molar-refractivity contribution in [3.63, 3.8) is 0 Å². The summed E-state index contributed by atoms with van der Waals surface area (Å²) in [6.45, 7) is 2.20. The third-order valence-corrected chi connectivity index (χ3v) is 8.89. The smallest absolute Gasteiger partial charge is 0.357 e. The monoisotopic (exact) mass is 585 g/mol. The van der Waals surface area contributed by atoms with Crippen LogP contribution in [0.1, 0.15) is 28.9 Å². The molecule has 2 amide bonds. The molecule has 2 saturated heterocycles. The molecule has 3 aliphatic rings. The summed E-state index contributed by atoms with van der Waals surface area (Å²) in [4.78, 5) is 44.1. The van der Waals surface area contributed by atoms with Gasteiger partial charge in [-0.25, -0.2) is 4.79 Å². The van der Waals surface area contributed by atoms with Crippen LogP contribution in [0.3, 0.4) is 0 Å². The van der Waals surface area contributed by atoms with Crippen LogP contribution in [0.5, 0.6) is 0 Å². The third kappa shape index (κ3) is 5.53. The predicted molar refractivity (Wildman–Crippen MR) is 157 cm³/mol. The maximum Gasteiger partial charge on any atom is 0.357 e. The van der Waals surface area contributed by atoms with Crippen LogP contribution >= 0.6 is 11.8 Å². The lowest BCUT2D eigenvalue weighted by atomic mass is 10.0. The summed E-state index contributed by atoms with van der Waals surface area (Å²) in [6.07, 6.45) is -2.10. The number of hydrogen-bond donors (Lipinski definition) is 2.